The summed E-state index contributed by atoms with van der Waals surface area (Å²) in [4.78, 5) is 0.207. The highest BCUT2D eigenvalue weighted by Gasteiger charge is 2.20. The lowest BCUT2D eigenvalue weighted by molar-refractivity contribution is 0.569. The molecule has 0 saturated carbocycles. The molecule has 0 fully saturated rings. The fraction of sp³-hybridized carbons (Fsp3) is 0.385. The number of sulfonamides is 1. The second-order valence-electron chi connectivity index (χ2n) is 3.97. The molecule has 0 aromatic heterocycles. The first-order chi connectivity index (χ1) is 8.44. The predicted octanol–water partition coefficient (Wildman–Crippen LogP) is 1.52. The second-order valence-corrected chi connectivity index (χ2v) is 5.65. The molecular weight excluding hydrogens is 248 g/mol. The van der Waals surface area contributed by atoms with Gasteiger partial charge in [-0.3, -0.25) is 0 Å². The summed E-state index contributed by atoms with van der Waals surface area (Å²) in [5.74, 6) is 2.41. The lowest BCUT2D eigenvalue weighted by atomic mass is 10.1. The highest BCUT2D eigenvalue weighted by Crippen LogP contribution is 2.20. The van der Waals surface area contributed by atoms with Crippen LogP contribution in [0.25, 0.3) is 0 Å². The van der Waals surface area contributed by atoms with Crippen LogP contribution in [0.4, 0.5) is 5.69 Å². The van der Waals surface area contributed by atoms with E-state index in [0.29, 0.717) is 18.5 Å². The Kier molecular flexibility index (Phi) is 4.76. The molecule has 5 heteroatoms. The third-order valence-corrected chi connectivity index (χ3v) is 4.22. The summed E-state index contributed by atoms with van der Waals surface area (Å²) in [7, 11) is -3.62. The zero-order chi connectivity index (χ0) is 13.8. The SMILES string of the molecule is C#CC(CC)NS(=O)(=O)c1cc(N)ccc1CC. The number of anilines is 1. The van der Waals surface area contributed by atoms with Crippen molar-refractivity contribution in [2.75, 3.05) is 5.73 Å². The Labute approximate surface area is 109 Å². The van der Waals surface area contributed by atoms with Crippen molar-refractivity contribution in [1.82, 2.24) is 4.72 Å². The maximum atomic E-state index is 12.2. The van der Waals surface area contributed by atoms with E-state index in [1.165, 1.54) is 6.07 Å². The van der Waals surface area contributed by atoms with Crippen molar-refractivity contribution in [1.29, 1.82) is 0 Å². The van der Waals surface area contributed by atoms with Crippen LogP contribution in [0.2, 0.25) is 0 Å². The Morgan fingerprint density at radius 1 is 1.44 bits per heavy atom. The van der Waals surface area contributed by atoms with E-state index in [0.717, 1.165) is 5.56 Å². The van der Waals surface area contributed by atoms with Gasteiger partial charge < -0.3 is 5.73 Å². The average molecular weight is 266 g/mol. The number of nitrogens with one attached hydrogen (secondary N) is 1. The van der Waals surface area contributed by atoms with Gasteiger partial charge in [0.2, 0.25) is 10.0 Å². The molecule has 0 amide bonds. The van der Waals surface area contributed by atoms with E-state index in [-0.39, 0.29) is 4.90 Å². The lowest BCUT2D eigenvalue weighted by Gasteiger charge is -2.14. The third kappa shape index (κ3) is 3.25. The van der Waals surface area contributed by atoms with Gasteiger partial charge in [-0.05, 0) is 30.5 Å². The molecule has 1 atom stereocenters. The van der Waals surface area contributed by atoms with Crippen LogP contribution in [-0.4, -0.2) is 14.5 Å². The molecule has 0 aliphatic rings. The van der Waals surface area contributed by atoms with Crippen molar-refractivity contribution in [3.05, 3.63) is 23.8 Å². The minimum absolute atomic E-state index is 0.207. The summed E-state index contributed by atoms with van der Waals surface area (Å²) in [6.07, 6.45) is 6.42. The third-order valence-electron chi connectivity index (χ3n) is 2.67. The van der Waals surface area contributed by atoms with Crippen LogP contribution in [0.15, 0.2) is 23.1 Å². The van der Waals surface area contributed by atoms with Crippen LogP contribution in [0.1, 0.15) is 25.8 Å². The normalized spacial score (nSPS) is 12.9. The van der Waals surface area contributed by atoms with Gasteiger partial charge in [-0.2, -0.15) is 4.72 Å². The first-order valence-corrected chi connectivity index (χ1v) is 7.29. The van der Waals surface area contributed by atoms with Crippen LogP contribution in [0.3, 0.4) is 0 Å². The van der Waals surface area contributed by atoms with E-state index in [1.54, 1.807) is 12.1 Å². The van der Waals surface area contributed by atoms with Gasteiger partial charge in [-0.1, -0.05) is 25.8 Å². The van der Waals surface area contributed by atoms with E-state index in [9.17, 15) is 8.42 Å². The molecule has 0 bridgehead atoms. The van der Waals surface area contributed by atoms with Crippen LogP contribution in [-0.2, 0) is 16.4 Å². The maximum Gasteiger partial charge on any atom is 0.242 e. The lowest BCUT2D eigenvalue weighted by Crippen LogP contribution is -2.33. The van der Waals surface area contributed by atoms with Crippen LogP contribution >= 0.6 is 0 Å². The maximum absolute atomic E-state index is 12.2. The number of terminal acetylenes is 1. The van der Waals surface area contributed by atoms with Crippen molar-refractivity contribution in [2.24, 2.45) is 0 Å². The molecule has 4 nitrogen and oxygen atoms in total. The molecular formula is C13H18N2O2S. The minimum atomic E-state index is -3.62. The number of hydrogen-bond donors (Lipinski definition) is 2. The standard InChI is InChI=1S/C13H18N2O2S/c1-4-10-7-8-11(14)9-13(10)18(16,17)15-12(5-2)6-3/h2,7-9,12,15H,4,6,14H2,1,3H3. The van der Waals surface area contributed by atoms with Crippen molar-refractivity contribution in [3.8, 4) is 12.3 Å². The highest BCUT2D eigenvalue weighted by molar-refractivity contribution is 7.89. The van der Waals surface area contributed by atoms with E-state index in [2.05, 4.69) is 10.6 Å². The molecule has 1 aromatic carbocycles. The summed E-state index contributed by atoms with van der Waals surface area (Å²) >= 11 is 0. The summed E-state index contributed by atoms with van der Waals surface area (Å²) in [5.41, 5.74) is 6.79. The highest BCUT2D eigenvalue weighted by atomic mass is 32.2. The Morgan fingerprint density at radius 2 is 2.11 bits per heavy atom. The van der Waals surface area contributed by atoms with Crippen LogP contribution in [0, 0.1) is 12.3 Å². The van der Waals surface area contributed by atoms with Gasteiger partial charge >= 0.3 is 0 Å². The molecule has 1 rings (SSSR count). The van der Waals surface area contributed by atoms with E-state index >= 15 is 0 Å². The second kappa shape index (κ2) is 5.89. The molecule has 1 unspecified atom stereocenters. The number of nitrogens with two attached hydrogens (primary N) is 1. The minimum Gasteiger partial charge on any atom is -0.399 e. The fourth-order valence-corrected chi connectivity index (χ4v) is 3.18. The summed E-state index contributed by atoms with van der Waals surface area (Å²) < 4.78 is 27.0. The van der Waals surface area contributed by atoms with Crippen LogP contribution in [0.5, 0.6) is 0 Å². The summed E-state index contributed by atoms with van der Waals surface area (Å²) in [6.45, 7) is 3.72. The van der Waals surface area contributed by atoms with Gasteiger partial charge in [-0.25, -0.2) is 8.42 Å². The molecule has 18 heavy (non-hydrogen) atoms. The van der Waals surface area contributed by atoms with E-state index in [1.807, 2.05) is 13.8 Å². The molecule has 3 N–H and O–H groups in total. The van der Waals surface area contributed by atoms with Crippen LogP contribution < -0.4 is 10.5 Å². The van der Waals surface area contributed by atoms with Crippen molar-refractivity contribution in [3.63, 3.8) is 0 Å². The number of benzene rings is 1. The number of nitrogen functional groups attached to an aromatic ring is 1. The Morgan fingerprint density at radius 3 is 2.61 bits per heavy atom. The Balaban J connectivity index is 3.20. The van der Waals surface area contributed by atoms with Gasteiger partial charge in [0.25, 0.3) is 0 Å². The molecule has 0 saturated heterocycles. The first-order valence-electron chi connectivity index (χ1n) is 5.81. The zero-order valence-corrected chi connectivity index (χ0v) is 11.4. The predicted molar refractivity (Wildman–Crippen MR) is 73.5 cm³/mol. The topological polar surface area (TPSA) is 72.2 Å². The quantitative estimate of drug-likeness (QED) is 0.627. The van der Waals surface area contributed by atoms with E-state index in [4.69, 9.17) is 12.2 Å². The molecule has 1 aromatic rings. The van der Waals surface area contributed by atoms with Gasteiger partial charge in [-0.15, -0.1) is 6.42 Å². The van der Waals surface area contributed by atoms with Crippen molar-refractivity contribution >= 4 is 15.7 Å². The molecule has 0 aliphatic heterocycles. The van der Waals surface area contributed by atoms with Gasteiger partial charge in [0.15, 0.2) is 0 Å². The number of hydrogen-bond acceptors (Lipinski definition) is 3. The zero-order valence-electron chi connectivity index (χ0n) is 10.6. The van der Waals surface area contributed by atoms with Gasteiger partial charge in [0.05, 0.1) is 10.9 Å². The molecule has 98 valence electrons. The molecule has 0 heterocycles. The van der Waals surface area contributed by atoms with Gasteiger partial charge in [0, 0.05) is 5.69 Å². The smallest absolute Gasteiger partial charge is 0.242 e. The largest absolute Gasteiger partial charge is 0.399 e. The molecule has 0 radical (unpaired) electrons. The Hall–Kier alpha value is -1.51. The first kappa shape index (κ1) is 14.6. The van der Waals surface area contributed by atoms with Gasteiger partial charge in [0.1, 0.15) is 0 Å². The number of rotatable bonds is 5. The van der Waals surface area contributed by atoms with E-state index < -0.39 is 16.1 Å². The van der Waals surface area contributed by atoms with Crippen molar-refractivity contribution < 1.29 is 8.42 Å². The molecule has 0 spiro atoms. The van der Waals surface area contributed by atoms with Crippen molar-refractivity contribution in [2.45, 2.75) is 37.6 Å². The molecule has 0 aliphatic carbocycles. The average Bonchev–Trinajstić information content (AvgIpc) is 2.36. The summed E-state index contributed by atoms with van der Waals surface area (Å²) in [5, 5.41) is 0. The summed E-state index contributed by atoms with van der Waals surface area (Å²) in [6, 6.07) is 4.38. The number of aryl methyl sites for hydroxylation is 1. The fourth-order valence-electron chi connectivity index (χ4n) is 1.60. The Bertz CT molecular complexity index is 559. The monoisotopic (exact) mass is 266 g/mol.